The lowest BCUT2D eigenvalue weighted by Gasteiger charge is -2.48. The topological polar surface area (TPSA) is 95.5 Å². The summed E-state index contributed by atoms with van der Waals surface area (Å²) in [5.74, 6) is 0.658. The van der Waals surface area contributed by atoms with Crippen LogP contribution in [-0.2, 0) is 16.0 Å². The SMILES string of the molecule is CCO[C@H]1COC2(C1)CN(c1cnn(Cc3c(-c4ccc(C)nc4)noc3C)c(=O)c1)C2. The van der Waals surface area contributed by atoms with Gasteiger partial charge < -0.3 is 18.9 Å². The molecule has 0 aromatic carbocycles. The molecule has 9 heteroatoms. The van der Waals surface area contributed by atoms with Crippen molar-refractivity contribution in [2.45, 2.75) is 45.4 Å². The van der Waals surface area contributed by atoms with Gasteiger partial charge in [-0.25, -0.2) is 4.68 Å². The zero-order valence-corrected chi connectivity index (χ0v) is 18.6. The third kappa shape index (κ3) is 3.82. The number of nitrogens with zero attached hydrogens (tertiary/aromatic N) is 5. The quantitative estimate of drug-likeness (QED) is 0.580. The molecule has 2 fully saturated rings. The Morgan fingerprint density at radius 3 is 2.81 bits per heavy atom. The van der Waals surface area contributed by atoms with Crippen molar-refractivity contribution < 1.29 is 14.0 Å². The Morgan fingerprint density at radius 1 is 1.25 bits per heavy atom. The van der Waals surface area contributed by atoms with Crippen LogP contribution in [-0.4, -0.2) is 57.9 Å². The first-order valence-electron chi connectivity index (χ1n) is 10.9. The lowest BCUT2D eigenvalue weighted by atomic mass is 9.89. The fourth-order valence-electron chi connectivity index (χ4n) is 4.48. The Labute approximate surface area is 185 Å². The molecule has 0 bridgehead atoms. The van der Waals surface area contributed by atoms with Crippen molar-refractivity contribution in [3.63, 3.8) is 0 Å². The van der Waals surface area contributed by atoms with E-state index < -0.39 is 0 Å². The van der Waals surface area contributed by atoms with Gasteiger partial charge in [0.25, 0.3) is 5.56 Å². The molecule has 0 aliphatic carbocycles. The third-order valence-electron chi connectivity index (χ3n) is 6.23. The molecule has 1 atom stereocenters. The molecule has 0 saturated carbocycles. The number of pyridine rings is 1. The minimum atomic E-state index is -0.170. The number of anilines is 1. The zero-order chi connectivity index (χ0) is 22.3. The lowest BCUT2D eigenvalue weighted by Crippen LogP contribution is -2.62. The summed E-state index contributed by atoms with van der Waals surface area (Å²) in [4.78, 5) is 19.3. The van der Waals surface area contributed by atoms with Gasteiger partial charge >= 0.3 is 0 Å². The summed E-state index contributed by atoms with van der Waals surface area (Å²) in [5.41, 5.74) is 3.75. The molecule has 32 heavy (non-hydrogen) atoms. The molecule has 2 aliphatic rings. The molecule has 2 saturated heterocycles. The van der Waals surface area contributed by atoms with Crippen LogP contribution >= 0.6 is 0 Å². The largest absolute Gasteiger partial charge is 0.376 e. The van der Waals surface area contributed by atoms with E-state index in [1.807, 2.05) is 32.9 Å². The van der Waals surface area contributed by atoms with Crippen molar-refractivity contribution in [1.29, 1.82) is 0 Å². The molecule has 168 valence electrons. The van der Waals surface area contributed by atoms with E-state index in [9.17, 15) is 4.79 Å². The van der Waals surface area contributed by atoms with Gasteiger partial charge in [0.2, 0.25) is 0 Å². The lowest BCUT2D eigenvalue weighted by molar-refractivity contribution is -0.0220. The predicted octanol–water partition coefficient (Wildman–Crippen LogP) is 2.34. The number of hydrogen-bond acceptors (Lipinski definition) is 8. The Morgan fingerprint density at radius 2 is 2.09 bits per heavy atom. The van der Waals surface area contributed by atoms with Crippen LogP contribution in [0.2, 0.25) is 0 Å². The zero-order valence-electron chi connectivity index (χ0n) is 18.6. The van der Waals surface area contributed by atoms with Crippen LogP contribution in [0.3, 0.4) is 0 Å². The Balaban J connectivity index is 1.30. The monoisotopic (exact) mass is 437 g/mol. The molecule has 5 rings (SSSR count). The van der Waals surface area contributed by atoms with Gasteiger partial charge in [-0.1, -0.05) is 5.16 Å². The molecule has 0 N–H and O–H groups in total. The van der Waals surface area contributed by atoms with Gasteiger partial charge in [-0.05, 0) is 32.9 Å². The molecule has 9 nitrogen and oxygen atoms in total. The van der Waals surface area contributed by atoms with Crippen LogP contribution < -0.4 is 10.5 Å². The van der Waals surface area contributed by atoms with Crippen molar-refractivity contribution in [2.75, 3.05) is 31.2 Å². The summed E-state index contributed by atoms with van der Waals surface area (Å²) in [7, 11) is 0. The number of aromatic nitrogens is 4. The second kappa shape index (κ2) is 8.14. The number of aryl methyl sites for hydroxylation is 2. The minimum Gasteiger partial charge on any atom is -0.376 e. The number of ether oxygens (including phenoxy) is 2. The van der Waals surface area contributed by atoms with Crippen molar-refractivity contribution in [3.8, 4) is 11.3 Å². The molecular formula is C23H27N5O4. The maximum absolute atomic E-state index is 12.8. The molecule has 3 aromatic rings. The summed E-state index contributed by atoms with van der Waals surface area (Å²) in [6, 6.07) is 5.50. The first kappa shape index (κ1) is 20.8. The molecule has 5 heterocycles. The van der Waals surface area contributed by atoms with E-state index in [0.717, 1.165) is 42.0 Å². The highest BCUT2D eigenvalue weighted by Crippen LogP contribution is 2.38. The van der Waals surface area contributed by atoms with E-state index in [-0.39, 0.29) is 23.8 Å². The van der Waals surface area contributed by atoms with Gasteiger partial charge in [-0.2, -0.15) is 5.10 Å². The van der Waals surface area contributed by atoms with Crippen LogP contribution in [0.15, 0.2) is 39.9 Å². The Hall–Kier alpha value is -3.04. The second-order valence-electron chi connectivity index (χ2n) is 8.60. The van der Waals surface area contributed by atoms with Crippen molar-refractivity contribution >= 4 is 5.69 Å². The second-order valence-corrected chi connectivity index (χ2v) is 8.60. The highest BCUT2D eigenvalue weighted by molar-refractivity contribution is 5.62. The van der Waals surface area contributed by atoms with Crippen LogP contribution in [0.25, 0.3) is 11.3 Å². The number of rotatable bonds is 6. The van der Waals surface area contributed by atoms with Gasteiger partial charge in [0.05, 0.1) is 31.1 Å². The smallest absolute Gasteiger partial charge is 0.269 e. The average Bonchev–Trinajstić information content (AvgIpc) is 3.34. The molecule has 1 spiro atoms. The Bertz CT molecular complexity index is 1160. The predicted molar refractivity (Wildman–Crippen MR) is 118 cm³/mol. The molecule has 3 aromatic heterocycles. The van der Waals surface area contributed by atoms with E-state index in [4.69, 9.17) is 14.0 Å². The first-order chi connectivity index (χ1) is 15.5. The van der Waals surface area contributed by atoms with Crippen molar-refractivity contribution in [1.82, 2.24) is 19.9 Å². The summed E-state index contributed by atoms with van der Waals surface area (Å²) in [6.07, 6.45) is 4.55. The highest BCUT2D eigenvalue weighted by Gasteiger charge is 2.50. The molecule has 0 radical (unpaired) electrons. The molecular weight excluding hydrogens is 410 g/mol. The van der Waals surface area contributed by atoms with Crippen LogP contribution in [0.1, 0.15) is 30.4 Å². The first-order valence-corrected chi connectivity index (χ1v) is 10.9. The van der Waals surface area contributed by atoms with E-state index >= 15 is 0 Å². The van der Waals surface area contributed by atoms with Crippen LogP contribution in [0.4, 0.5) is 5.69 Å². The average molecular weight is 438 g/mol. The van der Waals surface area contributed by atoms with Crippen LogP contribution in [0, 0.1) is 13.8 Å². The van der Waals surface area contributed by atoms with Crippen molar-refractivity contribution in [2.24, 2.45) is 0 Å². The standard InChI is InChI=1S/C23H27N5O4/c1-4-30-19-8-23(31-12-19)13-27(14-23)18-7-21(29)28(25-10-18)11-20-16(3)32-26-22(20)17-6-5-15(2)24-9-17/h5-7,9-10,19H,4,8,11-14H2,1-3H3/t19-/m1/s1. The summed E-state index contributed by atoms with van der Waals surface area (Å²) in [5, 5.41) is 8.60. The summed E-state index contributed by atoms with van der Waals surface area (Å²) >= 11 is 0. The molecule has 0 amide bonds. The van der Waals surface area contributed by atoms with E-state index in [2.05, 4.69) is 20.1 Å². The number of hydrogen-bond donors (Lipinski definition) is 0. The van der Waals surface area contributed by atoms with Crippen LogP contribution in [0.5, 0.6) is 0 Å². The molecule has 0 unspecified atom stereocenters. The fourth-order valence-corrected chi connectivity index (χ4v) is 4.48. The Kier molecular flexibility index (Phi) is 5.30. The van der Waals surface area contributed by atoms with Gasteiger partial charge in [-0.15, -0.1) is 0 Å². The normalized spacial score (nSPS) is 19.5. The maximum atomic E-state index is 12.8. The molecule has 2 aliphatic heterocycles. The van der Waals surface area contributed by atoms with Gasteiger partial charge in [0.1, 0.15) is 17.1 Å². The summed E-state index contributed by atoms with van der Waals surface area (Å²) in [6.45, 7) is 8.88. The van der Waals surface area contributed by atoms with Gasteiger partial charge in [0.15, 0.2) is 0 Å². The maximum Gasteiger partial charge on any atom is 0.269 e. The van der Waals surface area contributed by atoms with Crippen molar-refractivity contribution in [3.05, 3.63) is 58.0 Å². The highest BCUT2D eigenvalue weighted by atomic mass is 16.6. The van der Waals surface area contributed by atoms with E-state index in [1.54, 1.807) is 18.5 Å². The fraction of sp³-hybridized carbons (Fsp3) is 0.478. The van der Waals surface area contributed by atoms with E-state index in [0.29, 0.717) is 24.7 Å². The van der Waals surface area contributed by atoms with E-state index in [1.165, 1.54) is 4.68 Å². The third-order valence-corrected chi connectivity index (χ3v) is 6.23. The van der Waals surface area contributed by atoms with Gasteiger partial charge in [0, 0.05) is 55.2 Å². The summed E-state index contributed by atoms with van der Waals surface area (Å²) < 4.78 is 18.5. The minimum absolute atomic E-state index is 0.161. The van der Waals surface area contributed by atoms with Gasteiger partial charge in [-0.3, -0.25) is 9.78 Å².